The van der Waals surface area contributed by atoms with Gasteiger partial charge in [0.25, 0.3) is 0 Å². The van der Waals surface area contributed by atoms with Gasteiger partial charge in [-0.3, -0.25) is 4.31 Å². The third-order valence-electron chi connectivity index (χ3n) is 3.51. The van der Waals surface area contributed by atoms with E-state index in [-0.39, 0.29) is 11.4 Å². The van der Waals surface area contributed by atoms with Crippen LogP contribution in [-0.4, -0.2) is 42.7 Å². The van der Waals surface area contributed by atoms with E-state index >= 15 is 0 Å². The van der Waals surface area contributed by atoms with Gasteiger partial charge in [0.2, 0.25) is 10.0 Å². The average Bonchev–Trinajstić information content (AvgIpc) is 2.86. The van der Waals surface area contributed by atoms with Crippen LogP contribution < -0.4 is 10.0 Å². The number of nitrogens with two attached hydrogens (primary N) is 1. The van der Waals surface area contributed by atoms with Crippen molar-refractivity contribution in [2.45, 2.75) is 6.18 Å². The number of hydrogen-bond donors (Lipinski definition) is 2. The van der Waals surface area contributed by atoms with E-state index in [2.05, 4.69) is 5.10 Å². The molecule has 0 bridgehead atoms. The molecule has 0 aliphatic heterocycles. The molecule has 0 unspecified atom stereocenters. The van der Waals surface area contributed by atoms with E-state index in [0.29, 0.717) is 16.4 Å². The van der Waals surface area contributed by atoms with Crippen LogP contribution in [0.5, 0.6) is 0 Å². The molecule has 2 rings (SSSR count). The van der Waals surface area contributed by atoms with Crippen molar-refractivity contribution >= 4 is 44.7 Å². The van der Waals surface area contributed by atoms with Gasteiger partial charge in [-0.25, -0.2) is 13.1 Å². The zero-order chi connectivity index (χ0) is 21.4. The molecule has 3 N–H and O–H groups in total. The molecule has 1 aromatic carbocycles. The highest BCUT2D eigenvalue weighted by Gasteiger charge is 2.33. The highest BCUT2D eigenvalue weighted by Crippen LogP contribution is 2.40. The van der Waals surface area contributed by atoms with Gasteiger partial charge >= 0.3 is 6.18 Å². The van der Waals surface area contributed by atoms with Crippen LogP contribution in [0.25, 0.3) is 5.69 Å². The molecule has 28 heavy (non-hydrogen) atoms. The van der Waals surface area contributed by atoms with Gasteiger partial charge in [-0.15, -0.1) is 0 Å². The second kappa shape index (κ2) is 7.67. The van der Waals surface area contributed by atoms with Crippen molar-refractivity contribution in [3.63, 3.8) is 0 Å². The van der Waals surface area contributed by atoms with Crippen molar-refractivity contribution in [3.8, 4) is 11.8 Å². The Hall–Kier alpha value is -2.20. The molecule has 14 heteroatoms. The predicted octanol–water partition coefficient (Wildman–Crippen LogP) is 2.41. The summed E-state index contributed by atoms with van der Waals surface area (Å²) in [6, 6.07) is 2.84. The van der Waals surface area contributed by atoms with Gasteiger partial charge in [-0.05, 0) is 12.1 Å². The van der Waals surface area contributed by atoms with Crippen LogP contribution in [0.3, 0.4) is 0 Å². The molecule has 0 atom stereocenters. The Bertz CT molecular complexity index is 1040. The summed E-state index contributed by atoms with van der Waals surface area (Å²) in [6.45, 7) is -1.03. The molecular weight excluding hydrogens is 446 g/mol. The van der Waals surface area contributed by atoms with Gasteiger partial charge < -0.3 is 10.8 Å². The molecule has 0 aliphatic rings. The van der Waals surface area contributed by atoms with Crippen molar-refractivity contribution in [2.24, 2.45) is 0 Å². The van der Waals surface area contributed by atoms with Crippen LogP contribution in [0.15, 0.2) is 12.1 Å². The number of aromatic nitrogens is 2. The monoisotopic (exact) mass is 457 g/mol. The van der Waals surface area contributed by atoms with Crippen LogP contribution in [-0.2, 0) is 16.2 Å². The average molecular weight is 458 g/mol. The molecule has 8 nitrogen and oxygen atoms in total. The third-order valence-corrected chi connectivity index (χ3v) is 5.25. The SMILES string of the molecule is CS(=O)(=O)N(CCO)c1c(C#N)nn(-c2c(Cl)cc(C(F)(F)F)cc2Cl)c1N. The number of aliphatic hydroxyl groups excluding tert-OH is 1. The third kappa shape index (κ3) is 4.12. The van der Waals surface area contributed by atoms with Crippen LogP contribution in [0, 0.1) is 11.3 Å². The smallest absolute Gasteiger partial charge is 0.394 e. The van der Waals surface area contributed by atoms with Crippen molar-refractivity contribution in [3.05, 3.63) is 33.4 Å². The van der Waals surface area contributed by atoms with Crippen LogP contribution in [0.1, 0.15) is 11.3 Å². The Morgan fingerprint density at radius 3 is 2.29 bits per heavy atom. The van der Waals surface area contributed by atoms with Crippen LogP contribution in [0.4, 0.5) is 24.7 Å². The first-order valence-electron chi connectivity index (χ1n) is 7.26. The number of alkyl halides is 3. The second-order valence-corrected chi connectivity index (χ2v) is 8.17. The number of anilines is 2. The normalized spacial score (nSPS) is 12.1. The number of nitriles is 1. The largest absolute Gasteiger partial charge is 0.416 e. The lowest BCUT2D eigenvalue weighted by atomic mass is 10.2. The zero-order valence-corrected chi connectivity index (χ0v) is 16.3. The Morgan fingerprint density at radius 1 is 1.36 bits per heavy atom. The summed E-state index contributed by atoms with van der Waals surface area (Å²) in [5, 5.41) is 21.3. The summed E-state index contributed by atoms with van der Waals surface area (Å²) in [5.74, 6) is -0.418. The summed E-state index contributed by atoms with van der Waals surface area (Å²) < 4.78 is 64.2. The van der Waals surface area contributed by atoms with E-state index in [1.54, 1.807) is 6.07 Å². The maximum absolute atomic E-state index is 12.9. The lowest BCUT2D eigenvalue weighted by Crippen LogP contribution is -2.33. The fraction of sp³-hybridized carbons (Fsp3) is 0.286. The lowest BCUT2D eigenvalue weighted by Gasteiger charge is -2.21. The molecule has 0 saturated carbocycles. The van der Waals surface area contributed by atoms with Gasteiger partial charge in [0.1, 0.15) is 17.4 Å². The molecule has 0 spiro atoms. The van der Waals surface area contributed by atoms with Crippen molar-refractivity contribution < 1.29 is 26.7 Å². The highest BCUT2D eigenvalue weighted by atomic mass is 35.5. The Morgan fingerprint density at radius 2 is 1.89 bits per heavy atom. The highest BCUT2D eigenvalue weighted by molar-refractivity contribution is 7.92. The van der Waals surface area contributed by atoms with E-state index < -0.39 is 56.5 Å². The minimum atomic E-state index is -4.71. The van der Waals surface area contributed by atoms with E-state index in [0.717, 1.165) is 10.9 Å². The summed E-state index contributed by atoms with van der Waals surface area (Å²) in [4.78, 5) is 0. The number of hydrogen-bond acceptors (Lipinski definition) is 6. The number of nitrogens with zero attached hydrogens (tertiary/aromatic N) is 4. The van der Waals surface area contributed by atoms with Gasteiger partial charge in [-0.2, -0.15) is 23.5 Å². The summed E-state index contributed by atoms with van der Waals surface area (Å²) in [6.07, 6.45) is -3.89. The van der Waals surface area contributed by atoms with Gasteiger partial charge in [0.05, 0.1) is 35.0 Å². The Labute approximate surface area is 167 Å². The predicted molar refractivity (Wildman–Crippen MR) is 97.0 cm³/mol. The summed E-state index contributed by atoms with van der Waals surface area (Å²) >= 11 is 11.9. The summed E-state index contributed by atoms with van der Waals surface area (Å²) in [7, 11) is -3.98. The van der Waals surface area contributed by atoms with Crippen molar-refractivity contribution in [1.82, 2.24) is 9.78 Å². The minimum Gasteiger partial charge on any atom is -0.394 e. The molecule has 152 valence electrons. The van der Waals surface area contributed by atoms with Gasteiger partial charge in [0, 0.05) is 0 Å². The van der Waals surface area contributed by atoms with Crippen molar-refractivity contribution in [1.29, 1.82) is 5.26 Å². The maximum Gasteiger partial charge on any atom is 0.416 e. The molecule has 1 heterocycles. The van der Waals surface area contributed by atoms with Crippen molar-refractivity contribution in [2.75, 3.05) is 29.4 Å². The number of halogens is 5. The maximum atomic E-state index is 12.9. The van der Waals surface area contributed by atoms with Crippen LogP contribution >= 0.6 is 23.2 Å². The number of nitrogen functional groups attached to an aromatic ring is 1. The quantitative estimate of drug-likeness (QED) is 0.709. The first-order chi connectivity index (χ1) is 12.8. The molecule has 2 aromatic rings. The Balaban J connectivity index is 2.77. The van der Waals surface area contributed by atoms with Crippen LogP contribution in [0.2, 0.25) is 10.0 Å². The molecule has 0 fully saturated rings. The standard InChI is InChI=1S/C14H12Cl2F3N5O3S/c1-28(26,27)23(2-3-25)12-10(6-20)22-24(13(12)21)11-8(15)4-7(5-9(11)16)14(17,18)19/h4-5,25H,2-3,21H2,1H3. The fourth-order valence-electron chi connectivity index (χ4n) is 2.38. The summed E-state index contributed by atoms with van der Waals surface area (Å²) in [5.41, 5.74) is 3.73. The van der Waals surface area contributed by atoms with E-state index in [4.69, 9.17) is 34.0 Å². The molecule has 1 aromatic heterocycles. The fourth-order valence-corrected chi connectivity index (χ4v) is 3.95. The molecule has 0 aliphatic carbocycles. The second-order valence-electron chi connectivity index (χ2n) is 5.45. The van der Waals surface area contributed by atoms with E-state index in [9.17, 15) is 26.9 Å². The molecule has 0 radical (unpaired) electrons. The molecule has 0 saturated heterocycles. The van der Waals surface area contributed by atoms with Gasteiger partial charge in [-0.1, -0.05) is 23.2 Å². The van der Waals surface area contributed by atoms with E-state index in [1.807, 2.05) is 0 Å². The number of rotatable bonds is 5. The zero-order valence-electron chi connectivity index (χ0n) is 14.0. The number of aliphatic hydroxyl groups is 1. The Kier molecular flexibility index (Phi) is 6.05. The first-order valence-corrected chi connectivity index (χ1v) is 9.87. The minimum absolute atomic E-state index is 0.269. The number of sulfonamides is 1. The molecule has 0 amide bonds. The first kappa shape index (κ1) is 22.1. The lowest BCUT2D eigenvalue weighted by molar-refractivity contribution is -0.137. The topological polar surface area (TPSA) is 125 Å². The van der Waals surface area contributed by atoms with E-state index in [1.165, 1.54) is 0 Å². The number of benzene rings is 1. The van der Waals surface area contributed by atoms with Gasteiger partial charge in [0.15, 0.2) is 11.5 Å². The molecular formula is C14H12Cl2F3N5O3S.